The van der Waals surface area contributed by atoms with Gasteiger partial charge in [-0.15, -0.1) is 0 Å². The molecule has 1 aliphatic rings. The third kappa shape index (κ3) is 5.44. The van der Waals surface area contributed by atoms with Crippen LogP contribution in [0.1, 0.15) is 12.5 Å². The highest BCUT2D eigenvalue weighted by Crippen LogP contribution is 2.25. The Balaban J connectivity index is 1.51. The third-order valence-corrected chi connectivity index (χ3v) is 6.94. The number of hydrogen-bond acceptors (Lipinski definition) is 6. The minimum Gasteiger partial charge on any atom is -0.497 e. The zero-order valence-corrected chi connectivity index (χ0v) is 18.7. The topological polar surface area (TPSA) is 71.1 Å². The maximum Gasteiger partial charge on any atom is 0.244 e. The lowest BCUT2D eigenvalue weighted by atomic mass is 10.2. The summed E-state index contributed by atoms with van der Waals surface area (Å²) in [5.74, 6) is 1.22. The minimum absolute atomic E-state index is 0.202. The Kier molecular flexibility index (Phi) is 7.58. The smallest absolute Gasteiger partial charge is 0.244 e. The van der Waals surface area contributed by atoms with E-state index in [0.717, 1.165) is 43.9 Å². The Labute approximate surface area is 179 Å². The monoisotopic (exact) mass is 433 g/mol. The first-order valence-electron chi connectivity index (χ1n) is 10.2. The summed E-state index contributed by atoms with van der Waals surface area (Å²) in [5.41, 5.74) is 2.14. The van der Waals surface area contributed by atoms with E-state index in [-0.39, 0.29) is 4.90 Å². The summed E-state index contributed by atoms with van der Waals surface area (Å²) in [4.78, 5) is 4.82. The van der Waals surface area contributed by atoms with Crippen LogP contribution in [-0.2, 0) is 16.4 Å². The molecule has 7 nitrogen and oxygen atoms in total. The Hall–Kier alpha value is -2.29. The van der Waals surface area contributed by atoms with Crippen LogP contribution in [0.2, 0.25) is 0 Å². The lowest BCUT2D eigenvalue weighted by molar-refractivity contribution is 0.262. The van der Waals surface area contributed by atoms with Crippen molar-refractivity contribution in [1.29, 1.82) is 0 Å². The fraction of sp³-hybridized carbons (Fsp3) is 0.455. The van der Waals surface area contributed by atoms with Crippen LogP contribution >= 0.6 is 0 Å². The SMILES string of the molecule is CCc1ccc(OC)c(S(=O)(=O)NCCN2CCN(c3ccc(OC)cc3)CC2)c1. The van der Waals surface area contributed by atoms with Crippen LogP contribution in [0.15, 0.2) is 47.4 Å². The molecule has 30 heavy (non-hydrogen) atoms. The summed E-state index contributed by atoms with van der Waals surface area (Å²) in [7, 11) is -0.467. The first-order chi connectivity index (χ1) is 14.5. The Morgan fingerprint density at radius 1 is 0.967 bits per heavy atom. The summed E-state index contributed by atoms with van der Waals surface area (Å²) in [5, 5.41) is 0. The molecular weight excluding hydrogens is 402 g/mol. The zero-order valence-electron chi connectivity index (χ0n) is 17.9. The van der Waals surface area contributed by atoms with Crippen molar-refractivity contribution in [2.45, 2.75) is 18.2 Å². The summed E-state index contributed by atoms with van der Waals surface area (Å²) in [6, 6.07) is 13.4. The molecule has 1 heterocycles. The predicted molar refractivity (Wildman–Crippen MR) is 119 cm³/mol. The molecular formula is C22H31N3O4S. The molecule has 3 rings (SSSR count). The van der Waals surface area contributed by atoms with E-state index >= 15 is 0 Å². The van der Waals surface area contributed by atoms with Crippen molar-refractivity contribution in [2.24, 2.45) is 0 Å². The summed E-state index contributed by atoms with van der Waals surface area (Å²) >= 11 is 0. The van der Waals surface area contributed by atoms with Gasteiger partial charge in [-0.3, -0.25) is 4.90 Å². The number of nitrogens with zero attached hydrogens (tertiary/aromatic N) is 2. The van der Waals surface area contributed by atoms with Gasteiger partial charge in [0.25, 0.3) is 0 Å². The van der Waals surface area contributed by atoms with Crippen molar-refractivity contribution in [2.75, 3.05) is 58.4 Å². The second kappa shape index (κ2) is 10.1. The quantitative estimate of drug-likeness (QED) is 0.655. The normalized spacial score (nSPS) is 15.2. The van der Waals surface area contributed by atoms with Crippen molar-refractivity contribution in [3.63, 3.8) is 0 Å². The third-order valence-electron chi connectivity index (χ3n) is 5.46. The van der Waals surface area contributed by atoms with Gasteiger partial charge in [-0.25, -0.2) is 13.1 Å². The molecule has 8 heteroatoms. The molecule has 0 aromatic heterocycles. The predicted octanol–water partition coefficient (Wildman–Crippen LogP) is 2.37. The highest BCUT2D eigenvalue weighted by molar-refractivity contribution is 7.89. The largest absolute Gasteiger partial charge is 0.497 e. The van der Waals surface area contributed by atoms with Crippen molar-refractivity contribution < 1.29 is 17.9 Å². The van der Waals surface area contributed by atoms with Gasteiger partial charge in [-0.2, -0.15) is 0 Å². The standard InChI is InChI=1S/C22H31N3O4S/c1-4-18-5-10-21(29-3)22(17-18)30(26,27)23-11-12-24-13-15-25(16-14-24)19-6-8-20(28-2)9-7-19/h5-10,17,23H,4,11-16H2,1-3H3. The number of rotatable bonds is 9. The molecule has 1 fully saturated rings. The highest BCUT2D eigenvalue weighted by atomic mass is 32.2. The van der Waals surface area contributed by atoms with Gasteiger partial charge in [0.05, 0.1) is 14.2 Å². The fourth-order valence-corrected chi connectivity index (χ4v) is 4.83. The van der Waals surface area contributed by atoms with Crippen LogP contribution in [0.4, 0.5) is 5.69 Å². The second-order valence-electron chi connectivity index (χ2n) is 7.26. The number of aryl methyl sites for hydroxylation is 1. The average molecular weight is 434 g/mol. The second-order valence-corrected chi connectivity index (χ2v) is 9.00. The van der Waals surface area contributed by atoms with Crippen LogP contribution in [0, 0.1) is 0 Å². The number of benzene rings is 2. The van der Waals surface area contributed by atoms with E-state index in [2.05, 4.69) is 26.7 Å². The van der Waals surface area contributed by atoms with Gasteiger partial charge < -0.3 is 14.4 Å². The van der Waals surface area contributed by atoms with Crippen molar-refractivity contribution >= 4 is 15.7 Å². The number of piperazine rings is 1. The van der Waals surface area contributed by atoms with E-state index in [1.165, 1.54) is 12.8 Å². The van der Waals surface area contributed by atoms with Crippen LogP contribution in [0.25, 0.3) is 0 Å². The summed E-state index contributed by atoms with van der Waals surface area (Å²) in [6.45, 7) is 6.63. The van der Waals surface area contributed by atoms with Crippen LogP contribution in [-0.4, -0.2) is 66.8 Å². The van der Waals surface area contributed by atoms with Gasteiger partial charge in [0, 0.05) is 45.0 Å². The molecule has 2 aromatic rings. The molecule has 0 bridgehead atoms. The van der Waals surface area contributed by atoms with Gasteiger partial charge in [-0.1, -0.05) is 13.0 Å². The van der Waals surface area contributed by atoms with Crippen LogP contribution in [0.3, 0.4) is 0 Å². The lowest BCUT2D eigenvalue weighted by Crippen LogP contribution is -2.48. The van der Waals surface area contributed by atoms with Crippen LogP contribution in [0.5, 0.6) is 11.5 Å². The molecule has 1 N–H and O–H groups in total. The fourth-order valence-electron chi connectivity index (χ4n) is 3.59. The molecule has 0 spiro atoms. The lowest BCUT2D eigenvalue weighted by Gasteiger charge is -2.36. The summed E-state index contributed by atoms with van der Waals surface area (Å²) in [6.07, 6.45) is 0.769. The Morgan fingerprint density at radius 2 is 1.67 bits per heavy atom. The molecule has 2 aromatic carbocycles. The van der Waals surface area contributed by atoms with Gasteiger partial charge >= 0.3 is 0 Å². The average Bonchev–Trinajstić information content (AvgIpc) is 2.79. The molecule has 0 unspecified atom stereocenters. The molecule has 0 radical (unpaired) electrons. The zero-order chi connectivity index (χ0) is 21.6. The molecule has 0 saturated carbocycles. The van der Waals surface area contributed by atoms with E-state index in [1.54, 1.807) is 19.2 Å². The molecule has 0 aliphatic carbocycles. The van der Waals surface area contributed by atoms with Crippen LogP contribution < -0.4 is 19.1 Å². The molecule has 164 valence electrons. The van der Waals surface area contributed by atoms with Crippen molar-refractivity contribution in [3.8, 4) is 11.5 Å². The molecule has 0 atom stereocenters. The van der Waals surface area contributed by atoms with Gasteiger partial charge in [-0.05, 0) is 48.4 Å². The van der Waals surface area contributed by atoms with Gasteiger partial charge in [0.2, 0.25) is 10.0 Å². The molecule has 1 saturated heterocycles. The van der Waals surface area contributed by atoms with Crippen molar-refractivity contribution in [1.82, 2.24) is 9.62 Å². The Bertz CT molecular complexity index is 924. The minimum atomic E-state index is -3.62. The van der Waals surface area contributed by atoms with E-state index in [1.807, 2.05) is 25.1 Å². The highest BCUT2D eigenvalue weighted by Gasteiger charge is 2.21. The number of methoxy groups -OCH3 is 2. The Morgan fingerprint density at radius 3 is 2.27 bits per heavy atom. The number of anilines is 1. The number of hydrogen-bond donors (Lipinski definition) is 1. The van der Waals surface area contributed by atoms with Crippen molar-refractivity contribution in [3.05, 3.63) is 48.0 Å². The van der Waals surface area contributed by atoms with E-state index in [9.17, 15) is 8.42 Å². The van der Waals surface area contributed by atoms with Gasteiger partial charge in [0.15, 0.2) is 0 Å². The van der Waals surface area contributed by atoms with E-state index in [0.29, 0.717) is 18.8 Å². The number of ether oxygens (including phenoxy) is 2. The molecule has 0 amide bonds. The maximum absolute atomic E-state index is 12.8. The first-order valence-corrected chi connectivity index (χ1v) is 11.7. The van der Waals surface area contributed by atoms with E-state index < -0.39 is 10.0 Å². The van der Waals surface area contributed by atoms with E-state index in [4.69, 9.17) is 9.47 Å². The summed E-state index contributed by atoms with van der Waals surface area (Å²) < 4.78 is 38.8. The maximum atomic E-state index is 12.8. The molecule has 1 aliphatic heterocycles. The number of sulfonamides is 1. The first kappa shape index (κ1) is 22.4. The van der Waals surface area contributed by atoms with Gasteiger partial charge in [0.1, 0.15) is 16.4 Å². The number of nitrogens with one attached hydrogen (secondary N) is 1.